The van der Waals surface area contributed by atoms with Gasteiger partial charge in [0.05, 0.1) is 27.8 Å². The highest BCUT2D eigenvalue weighted by molar-refractivity contribution is 6.07. The normalized spacial score (nSPS) is 18.4. The monoisotopic (exact) mass is 416 g/mol. The van der Waals surface area contributed by atoms with Gasteiger partial charge in [-0.05, 0) is 68.5 Å². The molecule has 1 saturated carbocycles. The molecule has 1 fully saturated rings. The van der Waals surface area contributed by atoms with E-state index in [1.54, 1.807) is 0 Å². The molecule has 0 amide bonds. The summed E-state index contributed by atoms with van der Waals surface area (Å²) in [6, 6.07) is 10.3. The molecule has 5 rings (SSSR count). The number of aromatic nitrogens is 2. The first-order chi connectivity index (χ1) is 14.9. The van der Waals surface area contributed by atoms with E-state index >= 15 is 0 Å². The summed E-state index contributed by atoms with van der Waals surface area (Å²) in [7, 11) is 4.04. The lowest BCUT2D eigenvalue weighted by Gasteiger charge is -2.46. The van der Waals surface area contributed by atoms with Crippen LogP contribution in [0.25, 0.3) is 22.1 Å². The molecule has 160 valence electrons. The third-order valence-corrected chi connectivity index (χ3v) is 6.34. The summed E-state index contributed by atoms with van der Waals surface area (Å²) in [6.07, 6.45) is 5.17. The number of fused-ring (bicyclic) bond motifs is 2. The van der Waals surface area contributed by atoms with Crippen molar-refractivity contribution in [3.8, 4) is 0 Å². The van der Waals surface area contributed by atoms with Crippen molar-refractivity contribution < 1.29 is 0 Å². The Morgan fingerprint density at radius 1 is 0.903 bits per heavy atom. The summed E-state index contributed by atoms with van der Waals surface area (Å²) < 4.78 is 0. The van der Waals surface area contributed by atoms with Crippen LogP contribution in [0.3, 0.4) is 0 Å². The molecule has 1 aromatic heterocycles. The zero-order valence-electron chi connectivity index (χ0n) is 18.3. The van der Waals surface area contributed by atoms with Gasteiger partial charge in [0.2, 0.25) is 11.9 Å². The van der Waals surface area contributed by atoms with Crippen molar-refractivity contribution in [2.24, 2.45) is 21.5 Å². The number of anilines is 2. The molecule has 0 bridgehead atoms. The molecule has 0 radical (unpaired) electrons. The number of benzene rings is 2. The van der Waals surface area contributed by atoms with Crippen molar-refractivity contribution in [3.63, 3.8) is 0 Å². The summed E-state index contributed by atoms with van der Waals surface area (Å²) in [4.78, 5) is 23.0. The molecule has 0 unspecified atom stereocenters. The SMILES string of the molecule is Cc1cc2nc3ccc(N(C)C)cc3nc2cc1N1C(N)=NC(N)=NC12CCCCC2. The first kappa shape index (κ1) is 19.5. The summed E-state index contributed by atoms with van der Waals surface area (Å²) in [5.41, 5.74) is 18.5. The van der Waals surface area contributed by atoms with Gasteiger partial charge in [-0.2, -0.15) is 4.99 Å². The Kier molecular flexibility index (Phi) is 4.46. The minimum atomic E-state index is -0.477. The van der Waals surface area contributed by atoms with Crippen molar-refractivity contribution in [1.29, 1.82) is 0 Å². The predicted molar refractivity (Wildman–Crippen MR) is 128 cm³/mol. The van der Waals surface area contributed by atoms with Crippen LogP contribution in [-0.2, 0) is 0 Å². The van der Waals surface area contributed by atoms with Crippen LogP contribution in [0.5, 0.6) is 0 Å². The Labute approximate surface area is 181 Å². The topological polar surface area (TPSA) is 109 Å². The van der Waals surface area contributed by atoms with Crippen molar-refractivity contribution in [1.82, 2.24) is 9.97 Å². The fourth-order valence-corrected chi connectivity index (χ4v) is 4.79. The van der Waals surface area contributed by atoms with E-state index < -0.39 is 5.66 Å². The van der Waals surface area contributed by atoms with Crippen molar-refractivity contribution >= 4 is 45.4 Å². The number of rotatable bonds is 2. The van der Waals surface area contributed by atoms with Gasteiger partial charge in [0.1, 0.15) is 5.66 Å². The summed E-state index contributed by atoms with van der Waals surface area (Å²) >= 11 is 0. The Hall–Kier alpha value is -3.42. The fraction of sp³-hybridized carbons (Fsp3) is 0.391. The number of nitrogens with zero attached hydrogens (tertiary/aromatic N) is 6. The number of nitrogens with two attached hydrogens (primary N) is 2. The predicted octanol–water partition coefficient (Wildman–Crippen LogP) is 3.27. The van der Waals surface area contributed by atoms with Crippen LogP contribution >= 0.6 is 0 Å². The minimum absolute atomic E-state index is 0.260. The third-order valence-electron chi connectivity index (χ3n) is 6.34. The van der Waals surface area contributed by atoms with Crippen molar-refractivity contribution in [2.45, 2.75) is 44.7 Å². The van der Waals surface area contributed by atoms with Crippen LogP contribution in [0.1, 0.15) is 37.7 Å². The smallest absolute Gasteiger partial charge is 0.220 e. The molecule has 2 aromatic carbocycles. The van der Waals surface area contributed by atoms with Gasteiger partial charge in [0.25, 0.3) is 0 Å². The molecule has 31 heavy (non-hydrogen) atoms. The number of hydrogen-bond donors (Lipinski definition) is 2. The van der Waals surface area contributed by atoms with Crippen LogP contribution in [0.15, 0.2) is 40.3 Å². The highest BCUT2D eigenvalue weighted by Gasteiger charge is 2.43. The van der Waals surface area contributed by atoms with Gasteiger partial charge in [0, 0.05) is 19.8 Å². The molecule has 1 aliphatic carbocycles. The van der Waals surface area contributed by atoms with Crippen LogP contribution in [0.4, 0.5) is 11.4 Å². The maximum absolute atomic E-state index is 6.44. The molecule has 3 aromatic rings. The average Bonchev–Trinajstić information content (AvgIpc) is 2.72. The van der Waals surface area contributed by atoms with Gasteiger partial charge in [-0.15, -0.1) is 0 Å². The minimum Gasteiger partial charge on any atom is -0.378 e. The maximum Gasteiger partial charge on any atom is 0.220 e. The molecular weight excluding hydrogens is 388 g/mol. The number of guanidine groups is 2. The Morgan fingerprint density at radius 3 is 2.32 bits per heavy atom. The molecule has 0 saturated heterocycles. The highest BCUT2D eigenvalue weighted by Crippen LogP contribution is 2.41. The van der Waals surface area contributed by atoms with Gasteiger partial charge in [-0.1, -0.05) is 6.42 Å². The third kappa shape index (κ3) is 3.22. The van der Waals surface area contributed by atoms with Crippen LogP contribution in [0.2, 0.25) is 0 Å². The fourth-order valence-electron chi connectivity index (χ4n) is 4.79. The molecular formula is C23H28N8. The summed E-state index contributed by atoms with van der Waals surface area (Å²) in [5, 5.41) is 0. The van der Waals surface area contributed by atoms with Gasteiger partial charge >= 0.3 is 0 Å². The van der Waals surface area contributed by atoms with Gasteiger partial charge in [-0.3, -0.25) is 4.90 Å². The first-order valence-electron chi connectivity index (χ1n) is 10.8. The molecule has 2 aliphatic rings. The Morgan fingerprint density at radius 2 is 1.58 bits per heavy atom. The first-order valence-corrected chi connectivity index (χ1v) is 10.8. The molecule has 2 heterocycles. The molecule has 0 atom stereocenters. The maximum atomic E-state index is 6.44. The molecule has 8 heteroatoms. The van der Waals surface area contributed by atoms with E-state index in [0.29, 0.717) is 5.96 Å². The molecule has 8 nitrogen and oxygen atoms in total. The quantitative estimate of drug-likeness (QED) is 0.621. The lowest BCUT2D eigenvalue weighted by Crippen LogP contribution is -2.58. The summed E-state index contributed by atoms with van der Waals surface area (Å²) in [5.74, 6) is 0.650. The van der Waals surface area contributed by atoms with E-state index in [2.05, 4.69) is 46.0 Å². The molecule has 4 N–H and O–H groups in total. The standard InChI is InChI=1S/C23H28N8/c1-14-11-17-19(27-18-12-15(30(2)3)7-8-16(18)26-17)13-20(14)31-22(25)28-21(24)29-23(31)9-5-4-6-10-23/h7-8,11-13H,4-6,9-10H2,1-3H3,(H4,24,25,28,29). The van der Waals surface area contributed by atoms with E-state index in [9.17, 15) is 0 Å². The second-order valence-corrected chi connectivity index (χ2v) is 8.74. The largest absolute Gasteiger partial charge is 0.378 e. The molecule has 1 spiro atoms. The van der Waals surface area contributed by atoms with Crippen LogP contribution in [-0.4, -0.2) is 41.6 Å². The van der Waals surface area contributed by atoms with Crippen LogP contribution in [0, 0.1) is 6.92 Å². The Bertz CT molecular complexity index is 1240. The van der Waals surface area contributed by atoms with E-state index in [4.69, 9.17) is 26.4 Å². The van der Waals surface area contributed by atoms with Gasteiger partial charge in [-0.25, -0.2) is 15.0 Å². The number of aliphatic imine (C=N–C) groups is 2. The van der Waals surface area contributed by atoms with E-state index in [0.717, 1.165) is 64.7 Å². The zero-order chi connectivity index (χ0) is 21.8. The van der Waals surface area contributed by atoms with E-state index in [1.165, 1.54) is 6.42 Å². The summed E-state index contributed by atoms with van der Waals surface area (Å²) in [6.45, 7) is 2.07. The number of aryl methyl sites for hydroxylation is 1. The van der Waals surface area contributed by atoms with Crippen molar-refractivity contribution in [2.75, 3.05) is 23.9 Å². The molecule has 1 aliphatic heterocycles. The van der Waals surface area contributed by atoms with Gasteiger partial charge < -0.3 is 16.4 Å². The highest BCUT2D eigenvalue weighted by atomic mass is 15.4. The lowest BCUT2D eigenvalue weighted by molar-refractivity contribution is 0.305. The second kappa shape index (κ2) is 7.08. The van der Waals surface area contributed by atoms with E-state index in [1.807, 2.05) is 20.2 Å². The lowest BCUT2D eigenvalue weighted by atomic mass is 9.87. The van der Waals surface area contributed by atoms with Gasteiger partial charge in [0.15, 0.2) is 0 Å². The average molecular weight is 417 g/mol. The second-order valence-electron chi connectivity index (χ2n) is 8.74. The van der Waals surface area contributed by atoms with Crippen LogP contribution < -0.4 is 21.3 Å². The van der Waals surface area contributed by atoms with Crippen molar-refractivity contribution in [3.05, 3.63) is 35.9 Å². The Balaban J connectivity index is 1.68. The zero-order valence-corrected chi connectivity index (χ0v) is 18.3. The number of hydrogen-bond acceptors (Lipinski definition) is 8. The van der Waals surface area contributed by atoms with E-state index in [-0.39, 0.29) is 5.96 Å².